The predicted molar refractivity (Wildman–Crippen MR) is 136 cm³/mol. The number of hydrogen-bond donors (Lipinski definition) is 0. The maximum absolute atomic E-state index is 13.1. The maximum Gasteiger partial charge on any atom is 0.225 e. The number of amides is 2. The SMILES string of the molecule is O=C(CCCc1ccccc1)N1CCN(C(=O)C2CCN(S(=O)(=O)Cc3ccccc3)CC2)CC1. The molecule has 0 radical (unpaired) electrons. The van der Waals surface area contributed by atoms with E-state index in [2.05, 4.69) is 12.1 Å². The van der Waals surface area contributed by atoms with Gasteiger partial charge in [-0.3, -0.25) is 9.59 Å². The number of piperidine rings is 1. The van der Waals surface area contributed by atoms with Crippen LogP contribution in [0.1, 0.15) is 36.8 Å². The summed E-state index contributed by atoms with van der Waals surface area (Å²) in [5.74, 6) is 0.103. The highest BCUT2D eigenvalue weighted by Crippen LogP contribution is 2.24. The van der Waals surface area contributed by atoms with Crippen LogP contribution < -0.4 is 0 Å². The monoisotopic (exact) mass is 497 g/mol. The Kier molecular flexibility index (Phi) is 8.57. The number of nitrogens with zero attached hydrogens (tertiary/aromatic N) is 3. The third kappa shape index (κ3) is 6.92. The van der Waals surface area contributed by atoms with Gasteiger partial charge in [-0.15, -0.1) is 0 Å². The fourth-order valence-corrected chi connectivity index (χ4v) is 6.50. The van der Waals surface area contributed by atoms with Crippen molar-refractivity contribution in [1.29, 1.82) is 0 Å². The van der Waals surface area contributed by atoms with Crippen molar-refractivity contribution in [1.82, 2.24) is 14.1 Å². The summed E-state index contributed by atoms with van der Waals surface area (Å²) in [6.07, 6.45) is 3.34. The second-order valence-electron chi connectivity index (χ2n) is 9.46. The molecule has 188 valence electrons. The van der Waals surface area contributed by atoms with Crippen molar-refractivity contribution >= 4 is 21.8 Å². The van der Waals surface area contributed by atoms with Gasteiger partial charge in [-0.1, -0.05) is 60.7 Å². The minimum atomic E-state index is -3.39. The number of sulfonamides is 1. The minimum absolute atomic E-state index is 0.00616. The molecule has 2 aromatic rings. The summed E-state index contributed by atoms with van der Waals surface area (Å²) in [5.41, 5.74) is 2.02. The first-order valence-corrected chi connectivity index (χ1v) is 14.2. The number of hydrogen-bond acceptors (Lipinski definition) is 4. The van der Waals surface area contributed by atoms with Crippen molar-refractivity contribution in [2.75, 3.05) is 39.3 Å². The highest BCUT2D eigenvalue weighted by atomic mass is 32.2. The lowest BCUT2D eigenvalue weighted by Gasteiger charge is -2.38. The summed E-state index contributed by atoms with van der Waals surface area (Å²) in [7, 11) is -3.39. The summed E-state index contributed by atoms with van der Waals surface area (Å²) in [5, 5.41) is 0. The van der Waals surface area contributed by atoms with Gasteiger partial charge in [0, 0.05) is 51.6 Å². The van der Waals surface area contributed by atoms with Crippen molar-refractivity contribution < 1.29 is 18.0 Å². The smallest absolute Gasteiger partial charge is 0.225 e. The fraction of sp³-hybridized carbons (Fsp3) is 0.481. The Bertz CT molecular complexity index is 1080. The van der Waals surface area contributed by atoms with Crippen molar-refractivity contribution in [3.8, 4) is 0 Å². The van der Waals surface area contributed by atoms with Crippen LogP contribution >= 0.6 is 0 Å². The van der Waals surface area contributed by atoms with Crippen LogP contribution in [0, 0.1) is 5.92 Å². The van der Waals surface area contributed by atoms with E-state index in [-0.39, 0.29) is 23.5 Å². The van der Waals surface area contributed by atoms with E-state index in [0.717, 1.165) is 18.4 Å². The van der Waals surface area contributed by atoms with Crippen molar-refractivity contribution in [2.45, 2.75) is 37.9 Å². The molecule has 2 aromatic carbocycles. The lowest BCUT2D eigenvalue weighted by Crippen LogP contribution is -2.53. The van der Waals surface area contributed by atoms with Gasteiger partial charge >= 0.3 is 0 Å². The summed E-state index contributed by atoms with van der Waals surface area (Å²) in [4.78, 5) is 29.4. The molecule has 0 N–H and O–H groups in total. The van der Waals surface area contributed by atoms with E-state index in [9.17, 15) is 18.0 Å². The van der Waals surface area contributed by atoms with Crippen LogP contribution in [0.3, 0.4) is 0 Å². The number of carbonyl (C=O) groups excluding carboxylic acids is 2. The fourth-order valence-electron chi connectivity index (χ4n) is 4.94. The Morgan fingerprint density at radius 2 is 1.29 bits per heavy atom. The highest BCUT2D eigenvalue weighted by molar-refractivity contribution is 7.88. The predicted octanol–water partition coefficient (Wildman–Crippen LogP) is 2.92. The molecular formula is C27H35N3O4S. The number of benzene rings is 2. The molecule has 8 heteroatoms. The lowest BCUT2D eigenvalue weighted by molar-refractivity contribution is -0.143. The molecule has 0 atom stereocenters. The number of rotatable bonds is 8. The van der Waals surface area contributed by atoms with Gasteiger partial charge in [-0.25, -0.2) is 12.7 Å². The summed E-state index contributed by atoms with van der Waals surface area (Å²) in [6, 6.07) is 19.4. The molecule has 2 aliphatic rings. The first-order chi connectivity index (χ1) is 16.9. The molecule has 0 spiro atoms. The summed E-state index contributed by atoms with van der Waals surface area (Å²) < 4.78 is 27.1. The van der Waals surface area contributed by atoms with Crippen LogP contribution in [0.2, 0.25) is 0 Å². The van der Waals surface area contributed by atoms with E-state index in [1.165, 1.54) is 9.87 Å². The second kappa shape index (κ2) is 11.8. The van der Waals surface area contributed by atoms with Crippen LogP contribution in [0.15, 0.2) is 60.7 Å². The zero-order valence-corrected chi connectivity index (χ0v) is 21.0. The van der Waals surface area contributed by atoms with Crippen LogP contribution in [-0.2, 0) is 31.8 Å². The molecule has 2 heterocycles. The van der Waals surface area contributed by atoms with Gasteiger partial charge in [-0.05, 0) is 36.8 Å². The molecular weight excluding hydrogens is 462 g/mol. The number of piperazine rings is 1. The Hall–Kier alpha value is -2.71. The van der Waals surface area contributed by atoms with E-state index in [4.69, 9.17) is 0 Å². The van der Waals surface area contributed by atoms with Crippen LogP contribution in [-0.4, -0.2) is 73.6 Å². The molecule has 35 heavy (non-hydrogen) atoms. The molecule has 0 saturated carbocycles. The minimum Gasteiger partial charge on any atom is -0.339 e. The van der Waals surface area contributed by atoms with Gasteiger partial charge in [0.15, 0.2) is 0 Å². The highest BCUT2D eigenvalue weighted by Gasteiger charge is 2.34. The van der Waals surface area contributed by atoms with Gasteiger partial charge in [0.1, 0.15) is 0 Å². The molecule has 0 aliphatic carbocycles. The second-order valence-corrected chi connectivity index (χ2v) is 11.4. The molecule has 2 aliphatic heterocycles. The standard InChI is InChI=1S/C27H35N3O4S/c31-26(13-7-12-23-8-3-1-4-9-23)28-18-20-29(21-19-28)27(32)25-14-16-30(17-15-25)35(33,34)22-24-10-5-2-6-11-24/h1-6,8-11,25H,7,12-22H2. The normalized spacial score (nSPS) is 17.9. The third-order valence-electron chi connectivity index (χ3n) is 7.03. The van der Waals surface area contributed by atoms with Crippen LogP contribution in [0.25, 0.3) is 0 Å². The number of carbonyl (C=O) groups is 2. The van der Waals surface area contributed by atoms with Gasteiger partial charge < -0.3 is 9.80 Å². The summed E-state index contributed by atoms with van der Waals surface area (Å²) in [6.45, 7) is 3.00. The topological polar surface area (TPSA) is 78.0 Å². The van der Waals surface area contributed by atoms with E-state index in [0.29, 0.717) is 58.5 Å². The maximum atomic E-state index is 13.1. The van der Waals surface area contributed by atoms with Crippen LogP contribution in [0.4, 0.5) is 0 Å². The first kappa shape index (κ1) is 25.4. The largest absolute Gasteiger partial charge is 0.339 e. The first-order valence-electron chi connectivity index (χ1n) is 12.5. The third-order valence-corrected chi connectivity index (χ3v) is 8.88. The number of aryl methyl sites for hydroxylation is 1. The van der Waals surface area contributed by atoms with Crippen molar-refractivity contribution in [3.63, 3.8) is 0 Å². The summed E-state index contributed by atoms with van der Waals surface area (Å²) >= 11 is 0. The van der Waals surface area contributed by atoms with Gasteiger partial charge in [-0.2, -0.15) is 0 Å². The van der Waals surface area contributed by atoms with E-state index >= 15 is 0 Å². The van der Waals surface area contributed by atoms with E-state index < -0.39 is 10.0 Å². The Balaban J connectivity index is 1.18. The zero-order valence-electron chi connectivity index (χ0n) is 20.2. The Morgan fingerprint density at radius 1 is 0.743 bits per heavy atom. The van der Waals surface area contributed by atoms with Crippen molar-refractivity contribution in [3.05, 3.63) is 71.8 Å². The molecule has 0 bridgehead atoms. The molecule has 4 rings (SSSR count). The van der Waals surface area contributed by atoms with Gasteiger partial charge in [0.05, 0.1) is 5.75 Å². The van der Waals surface area contributed by atoms with Crippen molar-refractivity contribution in [2.24, 2.45) is 5.92 Å². The molecule has 7 nitrogen and oxygen atoms in total. The molecule has 0 aromatic heterocycles. The molecule has 2 saturated heterocycles. The van der Waals surface area contributed by atoms with Gasteiger partial charge in [0.25, 0.3) is 0 Å². The van der Waals surface area contributed by atoms with Crippen LogP contribution in [0.5, 0.6) is 0 Å². The Labute approximate surface area is 208 Å². The quantitative estimate of drug-likeness (QED) is 0.562. The Morgan fingerprint density at radius 3 is 1.89 bits per heavy atom. The van der Waals surface area contributed by atoms with E-state index in [1.807, 2.05) is 58.3 Å². The molecule has 2 fully saturated rings. The molecule has 0 unspecified atom stereocenters. The average molecular weight is 498 g/mol. The lowest BCUT2D eigenvalue weighted by atomic mass is 9.96. The average Bonchev–Trinajstić information content (AvgIpc) is 2.89. The zero-order chi connectivity index (χ0) is 24.7. The molecule has 2 amide bonds. The van der Waals surface area contributed by atoms with Gasteiger partial charge in [0.2, 0.25) is 21.8 Å². The van der Waals surface area contributed by atoms with E-state index in [1.54, 1.807) is 0 Å².